The molecule has 158 valence electrons. The van der Waals surface area contributed by atoms with E-state index in [1.54, 1.807) is 22.4 Å². The molecule has 1 aliphatic rings. The van der Waals surface area contributed by atoms with Gasteiger partial charge in [-0.2, -0.15) is 0 Å². The first-order valence-corrected chi connectivity index (χ1v) is 12.1. The quantitative estimate of drug-likeness (QED) is 0.434. The molecular formula is C21H23N3O2S4. The molecule has 0 spiro atoms. The van der Waals surface area contributed by atoms with Gasteiger partial charge in [-0.3, -0.25) is 14.3 Å². The van der Waals surface area contributed by atoms with Crippen molar-refractivity contribution in [3.05, 3.63) is 56.4 Å². The zero-order valence-electron chi connectivity index (χ0n) is 17.0. The average molecular weight is 478 g/mol. The van der Waals surface area contributed by atoms with E-state index in [0.29, 0.717) is 26.9 Å². The van der Waals surface area contributed by atoms with E-state index in [-0.39, 0.29) is 11.8 Å². The molecule has 5 nitrogen and oxygen atoms in total. The molecule has 0 unspecified atom stereocenters. The number of thiazole rings is 1. The zero-order valence-corrected chi connectivity index (χ0v) is 20.3. The number of aromatic hydroxyl groups is 1. The van der Waals surface area contributed by atoms with E-state index in [4.69, 9.17) is 24.4 Å². The van der Waals surface area contributed by atoms with Crippen molar-refractivity contribution >= 4 is 64.1 Å². The Kier molecular flexibility index (Phi) is 7.51. The Morgan fingerprint density at radius 1 is 1.23 bits per heavy atom. The summed E-state index contributed by atoms with van der Waals surface area (Å²) in [7, 11) is 0. The van der Waals surface area contributed by atoms with Gasteiger partial charge in [0.1, 0.15) is 9.87 Å². The molecule has 1 aliphatic heterocycles. The van der Waals surface area contributed by atoms with E-state index < -0.39 is 0 Å². The number of likely N-dealkylation sites (N-methyl/N-ethyl adjacent to an activating group) is 1. The second-order valence-corrected chi connectivity index (χ2v) is 9.42. The van der Waals surface area contributed by atoms with Crippen molar-refractivity contribution in [1.82, 2.24) is 9.47 Å². The Morgan fingerprint density at radius 3 is 2.60 bits per heavy atom. The van der Waals surface area contributed by atoms with Crippen LogP contribution in [0.4, 0.5) is 5.69 Å². The minimum absolute atomic E-state index is 0.0218. The first-order chi connectivity index (χ1) is 14.4. The van der Waals surface area contributed by atoms with Gasteiger partial charge in [0, 0.05) is 30.6 Å². The van der Waals surface area contributed by atoms with E-state index in [9.17, 15) is 9.90 Å². The number of benzene rings is 1. The van der Waals surface area contributed by atoms with Crippen LogP contribution in [0.3, 0.4) is 0 Å². The minimum atomic E-state index is -0.232. The zero-order chi connectivity index (χ0) is 21.8. The normalized spacial score (nSPS) is 14.5. The number of amides is 1. The molecule has 1 amide bonds. The maximum Gasteiger partial charge on any atom is 0.251 e. The number of hydrogen-bond acceptors (Lipinski definition) is 7. The topological polar surface area (TPSA) is 48.7 Å². The summed E-state index contributed by atoms with van der Waals surface area (Å²) in [5.74, 6) is -0.210. The summed E-state index contributed by atoms with van der Waals surface area (Å²) in [6.07, 6.45) is 5.20. The summed E-state index contributed by atoms with van der Waals surface area (Å²) in [4.78, 5) is 18.4. The van der Waals surface area contributed by atoms with Gasteiger partial charge in [0.15, 0.2) is 3.95 Å². The number of allylic oxidation sites excluding steroid dienone is 2. The smallest absolute Gasteiger partial charge is 0.251 e. The number of rotatable bonds is 6. The molecule has 1 aromatic heterocycles. The van der Waals surface area contributed by atoms with Gasteiger partial charge in [-0.1, -0.05) is 53.5 Å². The lowest BCUT2D eigenvalue weighted by Gasteiger charge is -2.19. The molecule has 0 bridgehead atoms. The van der Waals surface area contributed by atoms with Crippen molar-refractivity contribution in [3.8, 4) is 5.88 Å². The Bertz CT molecular complexity index is 1080. The molecule has 2 aromatic rings. The number of aromatic nitrogens is 1. The van der Waals surface area contributed by atoms with Crippen LogP contribution in [0.5, 0.6) is 5.88 Å². The second-order valence-electron chi connectivity index (χ2n) is 6.33. The van der Waals surface area contributed by atoms with Crippen molar-refractivity contribution in [1.29, 1.82) is 0 Å². The highest BCUT2D eigenvalue weighted by Gasteiger charge is 2.24. The lowest BCUT2D eigenvalue weighted by Crippen LogP contribution is -2.34. The Hall–Kier alpha value is -1.94. The number of hydrogen-bond donors (Lipinski definition) is 1. The monoisotopic (exact) mass is 477 g/mol. The van der Waals surface area contributed by atoms with Crippen molar-refractivity contribution < 1.29 is 9.90 Å². The number of fused-ring (bicyclic) bond motifs is 1. The van der Waals surface area contributed by atoms with Gasteiger partial charge in [-0.15, -0.1) is 0 Å². The van der Waals surface area contributed by atoms with E-state index in [1.807, 2.05) is 32.1 Å². The van der Waals surface area contributed by atoms with E-state index in [1.165, 1.54) is 32.9 Å². The van der Waals surface area contributed by atoms with Crippen LogP contribution in [-0.4, -0.2) is 38.6 Å². The number of carbonyl (C=O) groups is 1. The fraction of sp³-hybridized carbons (Fsp3) is 0.286. The summed E-state index contributed by atoms with van der Waals surface area (Å²) in [5, 5.41) is 11.5. The largest absolute Gasteiger partial charge is 0.493 e. The average Bonchev–Trinajstić information content (AvgIpc) is 3.24. The van der Waals surface area contributed by atoms with Crippen LogP contribution in [0.15, 0.2) is 52.4 Å². The van der Waals surface area contributed by atoms with Gasteiger partial charge < -0.3 is 10.0 Å². The Balaban J connectivity index is 1.77. The maximum absolute atomic E-state index is 12.8. The van der Waals surface area contributed by atoms with Gasteiger partial charge in [0.05, 0.1) is 10.7 Å². The fourth-order valence-electron chi connectivity index (χ4n) is 3.14. The maximum atomic E-state index is 12.8. The Morgan fingerprint density at radius 2 is 1.97 bits per heavy atom. The number of carbonyl (C=O) groups excluding carboxylic acids is 1. The summed E-state index contributed by atoms with van der Waals surface area (Å²) in [6.45, 7) is 7.65. The number of anilines is 1. The molecule has 2 heterocycles. The predicted octanol–water partition coefficient (Wildman–Crippen LogP) is 5.56. The van der Waals surface area contributed by atoms with Crippen LogP contribution in [0.2, 0.25) is 0 Å². The predicted molar refractivity (Wildman–Crippen MR) is 132 cm³/mol. The fourth-order valence-corrected chi connectivity index (χ4v) is 6.08. The van der Waals surface area contributed by atoms with E-state index >= 15 is 0 Å². The molecule has 0 aliphatic carbocycles. The number of nitrogens with zero attached hydrogens (tertiary/aromatic N) is 3. The lowest BCUT2D eigenvalue weighted by atomic mass is 10.3. The number of para-hydroxylation sites is 1. The highest BCUT2D eigenvalue weighted by Crippen LogP contribution is 2.45. The van der Waals surface area contributed by atoms with Gasteiger partial charge in [0.2, 0.25) is 5.88 Å². The van der Waals surface area contributed by atoms with Gasteiger partial charge >= 0.3 is 0 Å². The third-order valence-electron chi connectivity index (χ3n) is 4.64. The third kappa shape index (κ3) is 4.39. The van der Waals surface area contributed by atoms with Crippen molar-refractivity contribution in [2.75, 3.05) is 18.0 Å². The third-order valence-corrected chi connectivity index (χ3v) is 7.77. The second kappa shape index (κ2) is 9.91. The minimum Gasteiger partial charge on any atom is -0.493 e. The van der Waals surface area contributed by atoms with Crippen molar-refractivity contribution in [2.24, 2.45) is 0 Å². The summed E-state index contributed by atoms with van der Waals surface area (Å²) in [6, 6.07) is 8.25. The van der Waals surface area contributed by atoms with Gasteiger partial charge in [-0.05, 0) is 51.2 Å². The molecule has 9 heteroatoms. The van der Waals surface area contributed by atoms with E-state index in [2.05, 4.69) is 24.0 Å². The molecule has 3 rings (SSSR count). The van der Waals surface area contributed by atoms with Crippen LogP contribution in [0.1, 0.15) is 25.6 Å². The molecule has 1 aromatic carbocycles. The SMILES string of the molecule is CCN(C(=O)C=CC=C1Sc2ccccc2N1CC)C(=S)c1sc(=S)n(CC)c1O. The van der Waals surface area contributed by atoms with Crippen LogP contribution < -0.4 is 4.90 Å². The summed E-state index contributed by atoms with van der Waals surface area (Å²) >= 11 is 13.7. The standard InChI is InChI=1S/C21H23N3O2S4/c1-4-22-14-10-7-8-11-15(14)29-17(22)13-9-12-16(25)23(5-2)20(27)18-19(26)24(6-3)21(28)30-18/h7-13,26H,4-6H2,1-3H3. The number of thioether (sulfide) groups is 1. The molecule has 0 saturated heterocycles. The molecule has 0 radical (unpaired) electrons. The Labute approximate surface area is 195 Å². The molecule has 0 saturated carbocycles. The molecule has 1 N–H and O–H groups in total. The molecule has 0 fully saturated rings. The highest BCUT2D eigenvalue weighted by atomic mass is 32.2. The van der Waals surface area contributed by atoms with E-state index in [0.717, 1.165) is 11.6 Å². The van der Waals surface area contributed by atoms with Crippen LogP contribution >= 0.6 is 47.5 Å². The van der Waals surface area contributed by atoms with Gasteiger partial charge in [0.25, 0.3) is 5.91 Å². The summed E-state index contributed by atoms with van der Waals surface area (Å²) in [5.41, 5.74) is 1.18. The summed E-state index contributed by atoms with van der Waals surface area (Å²) < 4.78 is 2.14. The van der Waals surface area contributed by atoms with Crippen molar-refractivity contribution in [3.63, 3.8) is 0 Å². The van der Waals surface area contributed by atoms with Crippen molar-refractivity contribution in [2.45, 2.75) is 32.2 Å². The molecule has 30 heavy (non-hydrogen) atoms. The highest BCUT2D eigenvalue weighted by molar-refractivity contribution is 8.03. The lowest BCUT2D eigenvalue weighted by molar-refractivity contribution is -0.122. The molecular weight excluding hydrogens is 455 g/mol. The first kappa shape index (κ1) is 22.7. The van der Waals surface area contributed by atoms with Crippen LogP contribution in [0, 0.1) is 3.95 Å². The number of thiocarbonyl (C=S) groups is 1. The van der Waals surface area contributed by atoms with Crippen LogP contribution in [-0.2, 0) is 11.3 Å². The first-order valence-electron chi connectivity index (χ1n) is 9.64. The van der Waals surface area contributed by atoms with Crippen LogP contribution in [0.25, 0.3) is 0 Å². The van der Waals surface area contributed by atoms with Gasteiger partial charge in [-0.25, -0.2) is 0 Å². The molecule has 0 atom stereocenters.